The number of anilines is 1. The second-order valence-corrected chi connectivity index (χ2v) is 9.59. The topological polar surface area (TPSA) is 38.8 Å². The minimum absolute atomic E-state index is 0.189. The maximum Gasteiger partial charge on any atom is 0.270 e. The normalized spacial score (nSPS) is 14.5. The van der Waals surface area contributed by atoms with Gasteiger partial charge in [0.1, 0.15) is 6.61 Å². The van der Waals surface area contributed by atoms with Gasteiger partial charge in [0, 0.05) is 10.6 Å². The summed E-state index contributed by atoms with van der Waals surface area (Å²) in [6.45, 7) is 4.29. The van der Waals surface area contributed by atoms with Crippen molar-refractivity contribution >= 4 is 57.6 Å². The fourth-order valence-electron chi connectivity index (χ4n) is 3.58. The lowest BCUT2D eigenvalue weighted by Crippen LogP contribution is -2.27. The highest BCUT2D eigenvalue weighted by molar-refractivity contribution is 8.27. The first-order valence-corrected chi connectivity index (χ1v) is 12.1. The third-order valence-electron chi connectivity index (χ3n) is 5.12. The van der Waals surface area contributed by atoms with Crippen molar-refractivity contribution in [2.75, 3.05) is 12.0 Å². The van der Waals surface area contributed by atoms with Crippen LogP contribution in [0.3, 0.4) is 0 Å². The zero-order valence-corrected chi connectivity index (χ0v) is 20.9. The standard InChI is InChI=1S/C27H22ClNO3S2/c1-3-8-20-13-19(14-23(31-2)25(20)32-17-18-9-5-4-6-10-18)15-24-26(30)29(27(33)34-24)22-12-7-11-21(28)16-22/h3-7,9-16H,1,8,17H2,2H3/b24-15+. The van der Waals surface area contributed by atoms with E-state index in [0.717, 1.165) is 16.7 Å². The maximum atomic E-state index is 13.2. The molecule has 0 aliphatic carbocycles. The smallest absolute Gasteiger partial charge is 0.270 e. The molecule has 0 aromatic heterocycles. The van der Waals surface area contributed by atoms with Gasteiger partial charge in [-0.25, -0.2) is 0 Å². The van der Waals surface area contributed by atoms with Crippen molar-refractivity contribution in [2.24, 2.45) is 0 Å². The molecule has 4 rings (SSSR count). The molecule has 1 saturated heterocycles. The quantitative estimate of drug-likeness (QED) is 0.185. The Balaban J connectivity index is 1.65. The molecule has 172 valence electrons. The van der Waals surface area contributed by atoms with Crippen LogP contribution < -0.4 is 14.4 Å². The Bertz CT molecular complexity index is 1270. The molecule has 0 spiro atoms. The highest BCUT2D eigenvalue weighted by Gasteiger charge is 2.33. The molecule has 1 aliphatic rings. The summed E-state index contributed by atoms with van der Waals surface area (Å²) in [5, 5.41) is 0.542. The molecule has 34 heavy (non-hydrogen) atoms. The number of carbonyl (C=O) groups excluding carboxylic acids is 1. The number of halogens is 1. The van der Waals surface area contributed by atoms with Crippen molar-refractivity contribution in [3.05, 3.63) is 106 Å². The number of amides is 1. The zero-order valence-electron chi connectivity index (χ0n) is 18.5. The number of hydrogen-bond donors (Lipinski definition) is 0. The molecule has 3 aromatic rings. The van der Waals surface area contributed by atoms with Crippen LogP contribution >= 0.6 is 35.6 Å². The lowest BCUT2D eigenvalue weighted by atomic mass is 10.0. The minimum Gasteiger partial charge on any atom is -0.493 e. The predicted octanol–water partition coefficient (Wildman–Crippen LogP) is 7.06. The Morgan fingerprint density at radius 1 is 1.12 bits per heavy atom. The number of benzene rings is 3. The van der Waals surface area contributed by atoms with E-state index in [2.05, 4.69) is 6.58 Å². The molecule has 0 radical (unpaired) electrons. The van der Waals surface area contributed by atoms with Crippen LogP contribution in [0.1, 0.15) is 16.7 Å². The molecule has 7 heteroatoms. The Kier molecular flexibility index (Phi) is 7.73. The molecule has 0 N–H and O–H groups in total. The lowest BCUT2D eigenvalue weighted by Gasteiger charge is -2.16. The Labute approximate surface area is 213 Å². The number of methoxy groups -OCH3 is 1. The van der Waals surface area contributed by atoms with E-state index >= 15 is 0 Å². The van der Waals surface area contributed by atoms with E-state index in [1.807, 2.05) is 60.7 Å². The van der Waals surface area contributed by atoms with Gasteiger partial charge in [-0.05, 0) is 54.0 Å². The molecule has 1 fully saturated rings. The van der Waals surface area contributed by atoms with Gasteiger partial charge in [0.15, 0.2) is 15.8 Å². The second-order valence-electron chi connectivity index (χ2n) is 7.48. The summed E-state index contributed by atoms with van der Waals surface area (Å²) in [7, 11) is 1.60. The van der Waals surface area contributed by atoms with Gasteiger partial charge in [0.2, 0.25) is 0 Å². The van der Waals surface area contributed by atoms with Crippen LogP contribution in [0.2, 0.25) is 5.02 Å². The van der Waals surface area contributed by atoms with Gasteiger partial charge in [-0.2, -0.15) is 0 Å². The van der Waals surface area contributed by atoms with Crippen molar-refractivity contribution in [3.8, 4) is 11.5 Å². The van der Waals surface area contributed by atoms with Crippen LogP contribution in [0.15, 0.2) is 84.3 Å². The van der Waals surface area contributed by atoms with E-state index in [1.54, 1.807) is 25.3 Å². The summed E-state index contributed by atoms with van der Waals surface area (Å²) in [6, 6.07) is 20.9. The van der Waals surface area contributed by atoms with E-state index in [9.17, 15) is 4.79 Å². The number of hydrogen-bond acceptors (Lipinski definition) is 5. The van der Waals surface area contributed by atoms with Gasteiger partial charge >= 0.3 is 0 Å². The molecule has 0 unspecified atom stereocenters. The summed E-state index contributed by atoms with van der Waals surface area (Å²) in [4.78, 5) is 15.2. The number of thioether (sulfide) groups is 1. The molecule has 4 nitrogen and oxygen atoms in total. The SMILES string of the molecule is C=CCc1cc(/C=C2/SC(=S)N(c3cccc(Cl)c3)C2=O)cc(OC)c1OCc1ccccc1. The van der Waals surface area contributed by atoms with Crippen molar-refractivity contribution < 1.29 is 14.3 Å². The van der Waals surface area contributed by atoms with Gasteiger partial charge in [0.05, 0.1) is 17.7 Å². The van der Waals surface area contributed by atoms with Crippen LogP contribution in [0.25, 0.3) is 6.08 Å². The van der Waals surface area contributed by atoms with E-state index in [4.69, 9.17) is 33.3 Å². The number of rotatable bonds is 8. The molecule has 1 aliphatic heterocycles. The van der Waals surface area contributed by atoms with E-state index in [0.29, 0.717) is 44.5 Å². The monoisotopic (exact) mass is 507 g/mol. The van der Waals surface area contributed by atoms with Crippen LogP contribution in [-0.4, -0.2) is 17.3 Å². The summed E-state index contributed by atoms with van der Waals surface area (Å²) < 4.78 is 12.2. The number of ether oxygens (including phenoxy) is 2. The van der Waals surface area contributed by atoms with Crippen LogP contribution in [0.4, 0.5) is 5.69 Å². The van der Waals surface area contributed by atoms with E-state index in [1.165, 1.54) is 16.7 Å². The first-order chi connectivity index (χ1) is 16.5. The predicted molar refractivity (Wildman–Crippen MR) is 145 cm³/mol. The molecular formula is C27H22ClNO3S2. The van der Waals surface area contributed by atoms with E-state index < -0.39 is 0 Å². The van der Waals surface area contributed by atoms with Gasteiger partial charge in [-0.3, -0.25) is 9.69 Å². The van der Waals surface area contributed by atoms with Gasteiger partial charge in [-0.1, -0.05) is 78.1 Å². The highest BCUT2D eigenvalue weighted by Crippen LogP contribution is 2.39. The Hall–Kier alpha value is -3.06. The highest BCUT2D eigenvalue weighted by atomic mass is 35.5. The van der Waals surface area contributed by atoms with Crippen LogP contribution in [0.5, 0.6) is 11.5 Å². The Morgan fingerprint density at radius 2 is 1.91 bits per heavy atom. The van der Waals surface area contributed by atoms with Crippen LogP contribution in [0, 0.1) is 0 Å². The van der Waals surface area contributed by atoms with Crippen molar-refractivity contribution in [1.82, 2.24) is 0 Å². The van der Waals surface area contributed by atoms with Crippen molar-refractivity contribution in [3.63, 3.8) is 0 Å². The van der Waals surface area contributed by atoms with Crippen molar-refractivity contribution in [2.45, 2.75) is 13.0 Å². The maximum absolute atomic E-state index is 13.2. The number of carbonyl (C=O) groups is 1. The fourth-order valence-corrected chi connectivity index (χ4v) is 5.06. The zero-order chi connectivity index (χ0) is 24.1. The first-order valence-electron chi connectivity index (χ1n) is 10.5. The summed E-state index contributed by atoms with van der Waals surface area (Å²) in [6.07, 6.45) is 4.22. The first kappa shape index (κ1) is 24.1. The number of thiocarbonyl (C=S) groups is 1. The molecular weight excluding hydrogens is 486 g/mol. The molecule has 0 saturated carbocycles. The third kappa shape index (κ3) is 5.36. The van der Waals surface area contributed by atoms with Gasteiger partial charge in [0.25, 0.3) is 5.91 Å². The molecule has 0 bridgehead atoms. The molecule has 3 aromatic carbocycles. The molecule has 0 atom stereocenters. The summed E-state index contributed by atoms with van der Waals surface area (Å²) >= 11 is 12.8. The average molecular weight is 508 g/mol. The summed E-state index contributed by atoms with van der Waals surface area (Å²) in [5.41, 5.74) is 3.44. The largest absolute Gasteiger partial charge is 0.493 e. The second kappa shape index (κ2) is 10.9. The molecule has 1 amide bonds. The third-order valence-corrected chi connectivity index (χ3v) is 6.66. The minimum atomic E-state index is -0.189. The molecule has 1 heterocycles. The van der Waals surface area contributed by atoms with Gasteiger partial charge < -0.3 is 9.47 Å². The van der Waals surface area contributed by atoms with Gasteiger partial charge in [-0.15, -0.1) is 6.58 Å². The van der Waals surface area contributed by atoms with Crippen LogP contribution in [-0.2, 0) is 17.8 Å². The average Bonchev–Trinajstić information content (AvgIpc) is 3.11. The Morgan fingerprint density at radius 3 is 2.62 bits per heavy atom. The summed E-state index contributed by atoms with van der Waals surface area (Å²) in [5.74, 6) is 1.06. The number of nitrogens with zero attached hydrogens (tertiary/aromatic N) is 1. The van der Waals surface area contributed by atoms with E-state index in [-0.39, 0.29) is 5.91 Å². The fraction of sp³-hybridized carbons (Fsp3) is 0.111. The number of allylic oxidation sites excluding steroid dienone is 1. The lowest BCUT2D eigenvalue weighted by molar-refractivity contribution is -0.113. The van der Waals surface area contributed by atoms with Crippen molar-refractivity contribution in [1.29, 1.82) is 0 Å².